The van der Waals surface area contributed by atoms with E-state index in [0.29, 0.717) is 21.5 Å². The van der Waals surface area contributed by atoms with Crippen LogP contribution in [0, 0.1) is 5.82 Å². The van der Waals surface area contributed by atoms with E-state index in [2.05, 4.69) is 18.8 Å². The lowest BCUT2D eigenvalue weighted by molar-refractivity contribution is 0.631. The second kappa shape index (κ2) is 5.06. The maximum atomic E-state index is 13.6. The van der Waals surface area contributed by atoms with Crippen LogP contribution in [0.4, 0.5) is 9.39 Å². The summed E-state index contributed by atoms with van der Waals surface area (Å²) < 4.78 is 14.5. The number of aromatic nitrogens is 1. The van der Waals surface area contributed by atoms with Gasteiger partial charge in [-0.2, -0.15) is 0 Å². The molecule has 0 saturated heterocycles. The first-order valence-electron chi connectivity index (χ1n) is 5.25. The molecule has 0 spiro atoms. The monoisotopic (exact) mass is 268 g/mol. The Morgan fingerprint density at radius 1 is 1.35 bits per heavy atom. The topological polar surface area (TPSA) is 38.9 Å². The van der Waals surface area contributed by atoms with Crippen LogP contribution in [0.25, 0.3) is 11.3 Å². The van der Waals surface area contributed by atoms with Gasteiger partial charge in [-0.05, 0) is 12.1 Å². The van der Waals surface area contributed by atoms with Crippen molar-refractivity contribution >= 4 is 28.1 Å². The van der Waals surface area contributed by atoms with Crippen molar-refractivity contribution < 1.29 is 4.39 Å². The summed E-state index contributed by atoms with van der Waals surface area (Å²) in [5.74, 6) is -0.286. The third kappa shape index (κ3) is 2.79. The number of nitrogens with two attached hydrogens (primary N) is 1. The summed E-state index contributed by atoms with van der Waals surface area (Å²) in [6, 6.07) is 6.56. The van der Waals surface area contributed by atoms with Gasteiger partial charge in [-0.25, -0.2) is 9.37 Å². The molecule has 0 unspecified atom stereocenters. The minimum atomic E-state index is -0.286. The van der Waals surface area contributed by atoms with Gasteiger partial charge < -0.3 is 5.73 Å². The standard InChI is InChI=1S/C12H13FN2S2/c1-7(2)16-12-15-10(11(14)17-12)8-5-3-4-6-9(8)13/h3-7H,14H2,1-2H3. The predicted molar refractivity (Wildman–Crippen MR) is 72.9 cm³/mol. The molecule has 2 rings (SSSR count). The Hall–Kier alpha value is -1.07. The molecule has 0 aliphatic carbocycles. The van der Waals surface area contributed by atoms with Gasteiger partial charge in [-0.1, -0.05) is 49.1 Å². The van der Waals surface area contributed by atoms with Crippen LogP contribution < -0.4 is 5.73 Å². The zero-order valence-corrected chi connectivity index (χ0v) is 11.2. The van der Waals surface area contributed by atoms with Gasteiger partial charge in [0.05, 0.1) is 0 Å². The maximum absolute atomic E-state index is 13.6. The molecule has 90 valence electrons. The summed E-state index contributed by atoms with van der Waals surface area (Å²) in [5.41, 5.74) is 6.92. The summed E-state index contributed by atoms with van der Waals surface area (Å²) in [4.78, 5) is 4.40. The van der Waals surface area contributed by atoms with Crippen LogP contribution in [0.2, 0.25) is 0 Å². The van der Waals surface area contributed by atoms with Crippen LogP contribution in [-0.2, 0) is 0 Å². The van der Waals surface area contributed by atoms with Crippen LogP contribution >= 0.6 is 23.1 Å². The van der Waals surface area contributed by atoms with E-state index in [1.165, 1.54) is 17.4 Å². The van der Waals surface area contributed by atoms with Gasteiger partial charge in [-0.15, -0.1) is 0 Å². The highest BCUT2D eigenvalue weighted by molar-refractivity contribution is 8.01. The average molecular weight is 268 g/mol. The molecule has 0 amide bonds. The number of nitrogens with zero attached hydrogens (tertiary/aromatic N) is 1. The van der Waals surface area contributed by atoms with E-state index in [0.717, 1.165) is 4.34 Å². The average Bonchev–Trinajstić information content (AvgIpc) is 2.59. The second-order valence-corrected chi connectivity index (χ2v) is 6.69. The van der Waals surface area contributed by atoms with Crippen molar-refractivity contribution in [2.45, 2.75) is 23.4 Å². The van der Waals surface area contributed by atoms with E-state index in [-0.39, 0.29) is 5.82 Å². The Morgan fingerprint density at radius 3 is 2.71 bits per heavy atom. The highest BCUT2D eigenvalue weighted by Gasteiger charge is 2.14. The first kappa shape index (κ1) is 12.4. The van der Waals surface area contributed by atoms with Gasteiger partial charge in [0.25, 0.3) is 0 Å². The highest BCUT2D eigenvalue weighted by Crippen LogP contribution is 2.37. The number of thioether (sulfide) groups is 1. The summed E-state index contributed by atoms with van der Waals surface area (Å²) in [6.45, 7) is 4.18. The van der Waals surface area contributed by atoms with Gasteiger partial charge in [0.15, 0.2) is 4.34 Å². The largest absolute Gasteiger partial charge is 0.389 e. The molecule has 0 atom stereocenters. The maximum Gasteiger partial charge on any atom is 0.152 e. The molecule has 2 nitrogen and oxygen atoms in total. The molecule has 2 N–H and O–H groups in total. The van der Waals surface area contributed by atoms with Crippen LogP contribution in [0.1, 0.15) is 13.8 Å². The number of benzene rings is 1. The molecule has 0 radical (unpaired) electrons. The quantitative estimate of drug-likeness (QED) is 0.854. The number of nitrogen functional groups attached to an aromatic ring is 1. The fraction of sp³-hybridized carbons (Fsp3) is 0.250. The van der Waals surface area contributed by atoms with Crippen molar-refractivity contribution in [2.75, 3.05) is 5.73 Å². The minimum Gasteiger partial charge on any atom is -0.389 e. The van der Waals surface area contributed by atoms with Gasteiger partial charge in [0.1, 0.15) is 16.5 Å². The summed E-state index contributed by atoms with van der Waals surface area (Å²) in [6.07, 6.45) is 0. The van der Waals surface area contributed by atoms with Crippen molar-refractivity contribution in [3.8, 4) is 11.3 Å². The molecule has 1 aromatic carbocycles. The molecule has 0 aliphatic rings. The molecular weight excluding hydrogens is 255 g/mol. The normalized spacial score (nSPS) is 11.1. The molecule has 0 bridgehead atoms. The van der Waals surface area contributed by atoms with Gasteiger partial charge >= 0.3 is 0 Å². The molecule has 2 aromatic rings. The Kier molecular flexibility index (Phi) is 3.69. The van der Waals surface area contributed by atoms with Crippen molar-refractivity contribution in [1.29, 1.82) is 0 Å². The lowest BCUT2D eigenvalue weighted by atomic mass is 10.1. The summed E-state index contributed by atoms with van der Waals surface area (Å²) in [7, 11) is 0. The second-order valence-electron chi connectivity index (χ2n) is 3.84. The number of rotatable bonds is 3. The van der Waals surface area contributed by atoms with Crippen LogP contribution in [0.5, 0.6) is 0 Å². The van der Waals surface area contributed by atoms with E-state index in [1.807, 2.05) is 0 Å². The third-order valence-electron chi connectivity index (χ3n) is 2.10. The highest BCUT2D eigenvalue weighted by atomic mass is 32.2. The fourth-order valence-corrected chi connectivity index (χ4v) is 3.57. The van der Waals surface area contributed by atoms with E-state index in [1.54, 1.807) is 30.0 Å². The van der Waals surface area contributed by atoms with Crippen LogP contribution in [0.15, 0.2) is 28.6 Å². The van der Waals surface area contributed by atoms with E-state index in [9.17, 15) is 4.39 Å². The Labute approximate surface area is 108 Å². The molecule has 17 heavy (non-hydrogen) atoms. The minimum absolute atomic E-state index is 0.286. The summed E-state index contributed by atoms with van der Waals surface area (Å²) >= 11 is 3.05. The van der Waals surface area contributed by atoms with Crippen molar-refractivity contribution in [1.82, 2.24) is 4.98 Å². The van der Waals surface area contributed by atoms with Gasteiger partial charge in [0.2, 0.25) is 0 Å². The van der Waals surface area contributed by atoms with Gasteiger partial charge in [-0.3, -0.25) is 0 Å². The Balaban J connectivity index is 2.40. The number of halogens is 1. The van der Waals surface area contributed by atoms with Crippen molar-refractivity contribution in [2.24, 2.45) is 0 Å². The Bertz CT molecular complexity index is 523. The fourth-order valence-electron chi connectivity index (χ4n) is 1.41. The van der Waals surface area contributed by atoms with Crippen molar-refractivity contribution in [3.05, 3.63) is 30.1 Å². The molecule has 1 aromatic heterocycles. The van der Waals surface area contributed by atoms with Crippen LogP contribution in [-0.4, -0.2) is 10.2 Å². The molecule has 0 saturated carbocycles. The summed E-state index contributed by atoms with van der Waals surface area (Å²) in [5, 5.41) is 1.01. The molecular formula is C12H13FN2S2. The SMILES string of the molecule is CC(C)Sc1nc(-c2ccccc2F)c(N)s1. The molecule has 0 aliphatic heterocycles. The Morgan fingerprint density at radius 2 is 2.06 bits per heavy atom. The smallest absolute Gasteiger partial charge is 0.152 e. The molecule has 1 heterocycles. The molecule has 5 heteroatoms. The number of anilines is 1. The van der Waals surface area contributed by atoms with Gasteiger partial charge in [0, 0.05) is 10.8 Å². The van der Waals surface area contributed by atoms with Crippen LogP contribution in [0.3, 0.4) is 0 Å². The zero-order valence-electron chi connectivity index (χ0n) is 9.61. The lowest BCUT2D eigenvalue weighted by Gasteiger charge is -2.00. The first-order valence-corrected chi connectivity index (χ1v) is 6.95. The van der Waals surface area contributed by atoms with E-state index < -0.39 is 0 Å². The zero-order chi connectivity index (χ0) is 12.4. The number of hydrogen-bond acceptors (Lipinski definition) is 4. The first-order chi connectivity index (χ1) is 8.08. The number of hydrogen-bond donors (Lipinski definition) is 1. The van der Waals surface area contributed by atoms with Crippen molar-refractivity contribution in [3.63, 3.8) is 0 Å². The predicted octanol–water partition coefficient (Wildman–Crippen LogP) is 4.03. The van der Waals surface area contributed by atoms with E-state index in [4.69, 9.17) is 5.73 Å². The lowest BCUT2D eigenvalue weighted by Crippen LogP contribution is -1.89. The number of thiazole rings is 1. The van der Waals surface area contributed by atoms with E-state index >= 15 is 0 Å². The molecule has 0 fully saturated rings. The third-order valence-corrected chi connectivity index (χ3v) is 4.08.